The molecule has 1 aliphatic carbocycles. The summed E-state index contributed by atoms with van der Waals surface area (Å²) in [6, 6.07) is 0.131. The first-order chi connectivity index (χ1) is 10.7. The van der Waals surface area contributed by atoms with E-state index in [0.29, 0.717) is 17.7 Å². The molecule has 0 unspecified atom stereocenters. The highest BCUT2D eigenvalue weighted by atomic mass is 16.5. The molecule has 2 aliphatic rings. The lowest BCUT2D eigenvalue weighted by Crippen LogP contribution is -2.36. The van der Waals surface area contributed by atoms with E-state index >= 15 is 0 Å². The summed E-state index contributed by atoms with van der Waals surface area (Å²) in [5.74, 6) is 3.88. The van der Waals surface area contributed by atoms with Crippen LogP contribution < -0.4 is 0 Å². The van der Waals surface area contributed by atoms with Gasteiger partial charge in [0.15, 0.2) is 11.6 Å². The predicted octanol–water partition coefficient (Wildman–Crippen LogP) is 2.58. The number of hydrogen-bond acceptors (Lipinski definition) is 7. The molecule has 4 rings (SSSR count). The molecule has 1 saturated heterocycles. The third kappa shape index (κ3) is 2.65. The number of aryl methyl sites for hydroxylation is 1. The minimum atomic E-state index is 0.131. The molecule has 0 radical (unpaired) electrons. The first-order valence-electron chi connectivity index (χ1n) is 8.08. The molecule has 118 valence electrons. The highest BCUT2D eigenvalue weighted by molar-refractivity contribution is 5.05. The standard InChI is InChI=1S/C15H21N5O2/c1-9(14-17-13(19-21-14)11-5-6-11)20-7-3-4-12(8-20)15-16-10(2)18-22-15/h9,11-12H,3-8H2,1-2H3/t9-,12+/m1/s1. The fraction of sp³-hybridized carbons (Fsp3) is 0.733. The fourth-order valence-electron chi connectivity index (χ4n) is 3.12. The number of hydrogen-bond donors (Lipinski definition) is 0. The van der Waals surface area contributed by atoms with E-state index in [1.165, 1.54) is 12.8 Å². The minimum absolute atomic E-state index is 0.131. The SMILES string of the molecule is Cc1noc([C@H]2CCCN([C@H](C)c3nc(C4CC4)no3)C2)n1. The Morgan fingerprint density at radius 2 is 1.95 bits per heavy atom. The highest BCUT2D eigenvalue weighted by Crippen LogP contribution is 2.39. The van der Waals surface area contributed by atoms with Crippen LogP contribution in [0.1, 0.15) is 73.9 Å². The van der Waals surface area contributed by atoms with E-state index in [9.17, 15) is 0 Å². The Labute approximate surface area is 129 Å². The molecule has 22 heavy (non-hydrogen) atoms. The van der Waals surface area contributed by atoms with Crippen molar-refractivity contribution in [2.24, 2.45) is 0 Å². The van der Waals surface area contributed by atoms with Gasteiger partial charge < -0.3 is 9.05 Å². The van der Waals surface area contributed by atoms with Crippen LogP contribution >= 0.6 is 0 Å². The Hall–Kier alpha value is -1.76. The predicted molar refractivity (Wildman–Crippen MR) is 77.3 cm³/mol. The van der Waals surface area contributed by atoms with E-state index in [1.807, 2.05) is 6.92 Å². The van der Waals surface area contributed by atoms with Crippen molar-refractivity contribution >= 4 is 0 Å². The number of nitrogens with zero attached hydrogens (tertiary/aromatic N) is 5. The maximum Gasteiger partial charge on any atom is 0.243 e. The van der Waals surface area contributed by atoms with Gasteiger partial charge in [0.1, 0.15) is 0 Å². The normalized spacial score (nSPS) is 24.5. The summed E-state index contributed by atoms with van der Waals surface area (Å²) in [5, 5.41) is 8.03. The van der Waals surface area contributed by atoms with Crippen molar-refractivity contribution in [3.8, 4) is 0 Å². The van der Waals surface area contributed by atoms with Crippen LogP contribution in [0.4, 0.5) is 0 Å². The van der Waals surface area contributed by atoms with Crippen molar-refractivity contribution < 1.29 is 9.05 Å². The van der Waals surface area contributed by atoms with Crippen LogP contribution in [0.15, 0.2) is 9.05 Å². The summed E-state index contributed by atoms with van der Waals surface area (Å²) >= 11 is 0. The average molecular weight is 303 g/mol. The second-order valence-corrected chi connectivity index (χ2v) is 6.45. The second-order valence-electron chi connectivity index (χ2n) is 6.45. The van der Waals surface area contributed by atoms with Crippen LogP contribution in [-0.4, -0.2) is 38.3 Å². The van der Waals surface area contributed by atoms with E-state index in [2.05, 4.69) is 32.1 Å². The highest BCUT2D eigenvalue weighted by Gasteiger charge is 2.33. The number of piperidine rings is 1. The monoisotopic (exact) mass is 303 g/mol. The van der Waals surface area contributed by atoms with Crippen LogP contribution in [0.2, 0.25) is 0 Å². The second kappa shape index (κ2) is 5.46. The lowest BCUT2D eigenvalue weighted by molar-refractivity contribution is 0.123. The smallest absolute Gasteiger partial charge is 0.243 e. The summed E-state index contributed by atoms with van der Waals surface area (Å²) in [6.45, 7) is 5.91. The van der Waals surface area contributed by atoms with Gasteiger partial charge >= 0.3 is 0 Å². The average Bonchev–Trinajstić information content (AvgIpc) is 3.10. The van der Waals surface area contributed by atoms with Crippen molar-refractivity contribution in [2.45, 2.75) is 57.4 Å². The van der Waals surface area contributed by atoms with Crippen LogP contribution in [0.3, 0.4) is 0 Å². The molecule has 3 heterocycles. The van der Waals surface area contributed by atoms with Gasteiger partial charge in [-0.3, -0.25) is 4.90 Å². The van der Waals surface area contributed by atoms with E-state index in [1.54, 1.807) is 0 Å². The quantitative estimate of drug-likeness (QED) is 0.858. The lowest BCUT2D eigenvalue weighted by Gasteiger charge is -2.33. The molecule has 1 aliphatic heterocycles. The molecule has 0 N–H and O–H groups in total. The summed E-state index contributed by atoms with van der Waals surface area (Å²) in [5.41, 5.74) is 0. The lowest BCUT2D eigenvalue weighted by atomic mass is 9.97. The molecule has 0 amide bonds. The van der Waals surface area contributed by atoms with E-state index < -0.39 is 0 Å². The zero-order chi connectivity index (χ0) is 15.1. The molecule has 2 aromatic heterocycles. The minimum Gasteiger partial charge on any atom is -0.339 e. The Morgan fingerprint density at radius 1 is 1.09 bits per heavy atom. The maximum absolute atomic E-state index is 5.47. The van der Waals surface area contributed by atoms with E-state index in [-0.39, 0.29) is 6.04 Å². The molecule has 7 heteroatoms. The topological polar surface area (TPSA) is 81.1 Å². The number of aromatic nitrogens is 4. The van der Waals surface area contributed by atoms with Crippen molar-refractivity contribution in [3.05, 3.63) is 23.4 Å². The first kappa shape index (κ1) is 13.9. The zero-order valence-corrected chi connectivity index (χ0v) is 13.0. The molecular weight excluding hydrogens is 282 g/mol. The van der Waals surface area contributed by atoms with Gasteiger partial charge in [-0.2, -0.15) is 9.97 Å². The summed E-state index contributed by atoms with van der Waals surface area (Å²) in [6.07, 6.45) is 4.58. The summed E-state index contributed by atoms with van der Waals surface area (Å²) < 4.78 is 10.8. The third-order valence-electron chi connectivity index (χ3n) is 4.65. The molecular formula is C15H21N5O2. The summed E-state index contributed by atoms with van der Waals surface area (Å²) in [4.78, 5) is 11.3. The molecule has 7 nitrogen and oxygen atoms in total. The summed E-state index contributed by atoms with van der Waals surface area (Å²) in [7, 11) is 0. The van der Waals surface area contributed by atoms with Gasteiger partial charge in [-0.15, -0.1) is 0 Å². The molecule has 2 fully saturated rings. The van der Waals surface area contributed by atoms with Gasteiger partial charge in [0.05, 0.1) is 12.0 Å². The molecule has 0 spiro atoms. The third-order valence-corrected chi connectivity index (χ3v) is 4.65. The number of rotatable bonds is 4. The van der Waals surface area contributed by atoms with Gasteiger partial charge in [0.2, 0.25) is 11.8 Å². The number of likely N-dealkylation sites (tertiary alicyclic amines) is 1. The molecule has 2 atom stereocenters. The maximum atomic E-state index is 5.47. The van der Waals surface area contributed by atoms with Gasteiger partial charge in [-0.25, -0.2) is 0 Å². The largest absolute Gasteiger partial charge is 0.339 e. The van der Waals surface area contributed by atoms with Crippen LogP contribution in [0.25, 0.3) is 0 Å². The van der Waals surface area contributed by atoms with Crippen LogP contribution in [0.5, 0.6) is 0 Å². The Morgan fingerprint density at radius 3 is 2.68 bits per heavy atom. The van der Waals surface area contributed by atoms with Crippen molar-refractivity contribution in [2.75, 3.05) is 13.1 Å². The molecule has 0 bridgehead atoms. The van der Waals surface area contributed by atoms with Crippen LogP contribution in [0, 0.1) is 6.92 Å². The van der Waals surface area contributed by atoms with Gasteiger partial charge in [-0.05, 0) is 46.1 Å². The van der Waals surface area contributed by atoms with Crippen molar-refractivity contribution in [1.29, 1.82) is 0 Å². The zero-order valence-electron chi connectivity index (χ0n) is 13.0. The van der Waals surface area contributed by atoms with E-state index in [0.717, 1.165) is 43.5 Å². The van der Waals surface area contributed by atoms with E-state index in [4.69, 9.17) is 9.05 Å². The Balaban J connectivity index is 1.46. The van der Waals surface area contributed by atoms with Gasteiger partial charge in [-0.1, -0.05) is 10.3 Å². The van der Waals surface area contributed by atoms with Crippen molar-refractivity contribution in [3.63, 3.8) is 0 Å². The Bertz CT molecular complexity index is 648. The molecule has 1 saturated carbocycles. The first-order valence-corrected chi connectivity index (χ1v) is 8.08. The fourth-order valence-corrected chi connectivity index (χ4v) is 3.12. The molecule has 2 aromatic rings. The molecule has 0 aromatic carbocycles. The van der Waals surface area contributed by atoms with Crippen molar-refractivity contribution in [1.82, 2.24) is 25.2 Å². The van der Waals surface area contributed by atoms with Gasteiger partial charge in [0.25, 0.3) is 0 Å². The van der Waals surface area contributed by atoms with Crippen LogP contribution in [-0.2, 0) is 0 Å². The Kier molecular flexibility index (Phi) is 3.44. The van der Waals surface area contributed by atoms with Gasteiger partial charge in [0, 0.05) is 12.5 Å².